The van der Waals surface area contributed by atoms with Crippen LogP contribution in [0, 0.1) is 0 Å². The highest BCUT2D eigenvalue weighted by molar-refractivity contribution is 8.00. The van der Waals surface area contributed by atoms with Crippen LogP contribution >= 0.6 is 11.8 Å². The lowest BCUT2D eigenvalue weighted by Crippen LogP contribution is -2.38. The summed E-state index contributed by atoms with van der Waals surface area (Å²) in [7, 11) is 1.61. The predicted octanol–water partition coefficient (Wildman–Crippen LogP) is 1.51. The molecule has 2 N–H and O–H groups in total. The molecule has 1 aliphatic rings. The SMILES string of the molecule is COc1ccc(-c2nc(S[C@@H](C)C(=O)N3CCNC3=O)n[nH]2)cc1. The van der Waals surface area contributed by atoms with Gasteiger partial charge < -0.3 is 10.1 Å². The molecular weight excluding hydrogens is 330 g/mol. The van der Waals surface area contributed by atoms with E-state index >= 15 is 0 Å². The number of H-pyrrole nitrogens is 1. The van der Waals surface area contributed by atoms with E-state index in [2.05, 4.69) is 20.5 Å². The molecule has 0 radical (unpaired) electrons. The van der Waals surface area contributed by atoms with Gasteiger partial charge >= 0.3 is 6.03 Å². The van der Waals surface area contributed by atoms with Crippen LogP contribution in [0.2, 0.25) is 0 Å². The smallest absolute Gasteiger partial charge is 0.324 e. The third-order valence-electron chi connectivity index (χ3n) is 3.58. The fraction of sp³-hybridized carbons (Fsp3) is 0.333. The number of hydrogen-bond acceptors (Lipinski definition) is 6. The fourth-order valence-electron chi connectivity index (χ4n) is 2.29. The molecule has 3 rings (SSSR count). The summed E-state index contributed by atoms with van der Waals surface area (Å²) >= 11 is 1.21. The third kappa shape index (κ3) is 3.35. The normalized spacial score (nSPS) is 15.2. The van der Waals surface area contributed by atoms with Gasteiger partial charge in [0.05, 0.1) is 12.4 Å². The zero-order valence-corrected chi connectivity index (χ0v) is 14.1. The number of amides is 3. The average molecular weight is 347 g/mol. The van der Waals surface area contributed by atoms with Crippen molar-refractivity contribution in [2.24, 2.45) is 0 Å². The van der Waals surface area contributed by atoms with Crippen molar-refractivity contribution < 1.29 is 14.3 Å². The molecule has 0 saturated carbocycles. The molecule has 2 aromatic rings. The molecule has 0 bridgehead atoms. The first-order chi connectivity index (χ1) is 11.6. The van der Waals surface area contributed by atoms with Gasteiger partial charge in [-0.25, -0.2) is 9.78 Å². The van der Waals surface area contributed by atoms with Crippen molar-refractivity contribution in [3.8, 4) is 17.1 Å². The maximum atomic E-state index is 12.3. The van der Waals surface area contributed by atoms with Gasteiger partial charge in [-0.15, -0.1) is 5.10 Å². The van der Waals surface area contributed by atoms with Crippen molar-refractivity contribution in [1.29, 1.82) is 0 Å². The van der Waals surface area contributed by atoms with Crippen LogP contribution < -0.4 is 10.1 Å². The van der Waals surface area contributed by atoms with Gasteiger partial charge in [-0.05, 0) is 31.2 Å². The number of rotatable bonds is 5. The molecule has 1 aliphatic heterocycles. The standard InChI is InChI=1S/C15H17N5O3S/c1-9(13(21)20-8-7-16-15(20)22)24-14-17-12(18-19-14)10-3-5-11(23-2)6-4-10/h3-6,9H,7-8H2,1-2H3,(H,16,22)(H,17,18,19)/t9-/m0/s1. The largest absolute Gasteiger partial charge is 0.497 e. The molecule has 2 heterocycles. The number of benzene rings is 1. The summed E-state index contributed by atoms with van der Waals surface area (Å²) in [6.45, 7) is 2.62. The summed E-state index contributed by atoms with van der Waals surface area (Å²) in [4.78, 5) is 29.4. The lowest BCUT2D eigenvalue weighted by molar-refractivity contribution is -0.126. The molecule has 1 fully saturated rings. The second-order valence-electron chi connectivity index (χ2n) is 5.18. The Morgan fingerprint density at radius 1 is 1.38 bits per heavy atom. The lowest BCUT2D eigenvalue weighted by atomic mass is 10.2. The first kappa shape index (κ1) is 16.3. The van der Waals surface area contributed by atoms with Crippen LogP contribution in [0.1, 0.15) is 6.92 Å². The predicted molar refractivity (Wildman–Crippen MR) is 88.8 cm³/mol. The van der Waals surface area contributed by atoms with E-state index < -0.39 is 5.25 Å². The van der Waals surface area contributed by atoms with Gasteiger partial charge in [0.15, 0.2) is 5.82 Å². The van der Waals surface area contributed by atoms with Gasteiger partial charge in [0.2, 0.25) is 11.1 Å². The Morgan fingerprint density at radius 2 is 2.12 bits per heavy atom. The van der Waals surface area contributed by atoms with Crippen molar-refractivity contribution in [2.45, 2.75) is 17.3 Å². The number of ether oxygens (including phenoxy) is 1. The van der Waals surface area contributed by atoms with Crippen molar-refractivity contribution in [2.75, 3.05) is 20.2 Å². The van der Waals surface area contributed by atoms with Crippen LogP contribution in [-0.4, -0.2) is 57.5 Å². The summed E-state index contributed by atoms with van der Waals surface area (Å²) in [6, 6.07) is 7.07. The first-order valence-electron chi connectivity index (χ1n) is 7.41. The van der Waals surface area contributed by atoms with Crippen LogP contribution in [0.4, 0.5) is 4.79 Å². The van der Waals surface area contributed by atoms with Gasteiger partial charge in [0.1, 0.15) is 5.75 Å². The molecular formula is C15H17N5O3S. The zero-order chi connectivity index (χ0) is 17.1. The summed E-state index contributed by atoms with van der Waals surface area (Å²) in [6.07, 6.45) is 0. The Morgan fingerprint density at radius 3 is 2.75 bits per heavy atom. The Hall–Kier alpha value is -2.55. The number of imide groups is 1. The minimum absolute atomic E-state index is 0.245. The number of thioether (sulfide) groups is 1. The molecule has 9 heteroatoms. The van der Waals surface area contributed by atoms with E-state index in [0.29, 0.717) is 24.1 Å². The van der Waals surface area contributed by atoms with Gasteiger partial charge in [-0.3, -0.25) is 14.8 Å². The van der Waals surface area contributed by atoms with Crippen molar-refractivity contribution in [3.63, 3.8) is 0 Å². The van der Waals surface area contributed by atoms with Gasteiger partial charge in [0.25, 0.3) is 0 Å². The Balaban J connectivity index is 1.66. The number of carbonyl (C=O) groups is 2. The van der Waals surface area contributed by atoms with Crippen LogP contribution in [0.5, 0.6) is 5.75 Å². The van der Waals surface area contributed by atoms with Gasteiger partial charge in [0, 0.05) is 18.7 Å². The van der Waals surface area contributed by atoms with Crippen molar-refractivity contribution in [3.05, 3.63) is 24.3 Å². The highest BCUT2D eigenvalue weighted by Crippen LogP contribution is 2.25. The quantitative estimate of drug-likeness (QED) is 0.795. The molecule has 126 valence electrons. The van der Waals surface area contributed by atoms with Gasteiger partial charge in [-0.1, -0.05) is 11.8 Å². The fourth-order valence-corrected chi connectivity index (χ4v) is 3.07. The molecule has 3 amide bonds. The third-order valence-corrected chi connectivity index (χ3v) is 4.53. The molecule has 8 nitrogen and oxygen atoms in total. The van der Waals surface area contributed by atoms with E-state index in [-0.39, 0.29) is 11.9 Å². The second-order valence-corrected chi connectivity index (χ2v) is 6.48. The van der Waals surface area contributed by atoms with Crippen LogP contribution in [0.3, 0.4) is 0 Å². The number of carbonyl (C=O) groups excluding carboxylic acids is 2. The number of methoxy groups -OCH3 is 1. The van der Waals surface area contributed by atoms with E-state index in [1.54, 1.807) is 14.0 Å². The van der Waals surface area contributed by atoms with Crippen molar-refractivity contribution in [1.82, 2.24) is 25.4 Å². The number of urea groups is 1. The average Bonchev–Trinajstić information content (AvgIpc) is 3.23. The van der Waals surface area contributed by atoms with Crippen LogP contribution in [0.25, 0.3) is 11.4 Å². The molecule has 1 aromatic heterocycles. The number of aromatic amines is 1. The highest BCUT2D eigenvalue weighted by Gasteiger charge is 2.30. The maximum Gasteiger partial charge on any atom is 0.324 e. The summed E-state index contributed by atoms with van der Waals surface area (Å²) in [5, 5.41) is 9.61. The summed E-state index contributed by atoms with van der Waals surface area (Å²) < 4.78 is 5.12. The Kier molecular flexibility index (Phi) is 4.70. The number of hydrogen-bond donors (Lipinski definition) is 2. The number of aromatic nitrogens is 3. The number of nitrogens with zero attached hydrogens (tertiary/aromatic N) is 3. The van der Waals surface area contributed by atoms with E-state index in [4.69, 9.17) is 4.74 Å². The first-order valence-corrected chi connectivity index (χ1v) is 8.29. The van der Waals surface area contributed by atoms with Crippen molar-refractivity contribution >= 4 is 23.7 Å². The molecule has 0 unspecified atom stereocenters. The molecule has 0 spiro atoms. The molecule has 24 heavy (non-hydrogen) atoms. The van der Waals surface area contributed by atoms with E-state index in [1.807, 2.05) is 24.3 Å². The van der Waals surface area contributed by atoms with E-state index in [0.717, 1.165) is 11.3 Å². The second kappa shape index (κ2) is 6.91. The van der Waals surface area contributed by atoms with Gasteiger partial charge in [-0.2, -0.15) is 0 Å². The maximum absolute atomic E-state index is 12.3. The molecule has 1 atom stereocenters. The zero-order valence-electron chi connectivity index (χ0n) is 13.3. The van der Waals surface area contributed by atoms with E-state index in [1.165, 1.54) is 16.7 Å². The van der Waals surface area contributed by atoms with Crippen LogP contribution in [-0.2, 0) is 4.79 Å². The summed E-state index contributed by atoms with van der Waals surface area (Å²) in [5.41, 5.74) is 0.869. The lowest BCUT2D eigenvalue weighted by Gasteiger charge is -2.15. The number of nitrogens with one attached hydrogen (secondary N) is 2. The highest BCUT2D eigenvalue weighted by atomic mass is 32.2. The molecule has 1 aromatic carbocycles. The molecule has 1 saturated heterocycles. The monoisotopic (exact) mass is 347 g/mol. The van der Waals surface area contributed by atoms with Crippen LogP contribution in [0.15, 0.2) is 29.4 Å². The van der Waals surface area contributed by atoms with E-state index in [9.17, 15) is 9.59 Å². The summed E-state index contributed by atoms with van der Waals surface area (Å²) in [5.74, 6) is 1.13. The topological polar surface area (TPSA) is 100 Å². The minimum Gasteiger partial charge on any atom is -0.497 e. The Labute approximate surface area is 143 Å². The molecule has 0 aliphatic carbocycles. The minimum atomic E-state index is -0.451. The Bertz CT molecular complexity index is 746.